The molecule has 0 N–H and O–H groups in total. The van der Waals surface area contributed by atoms with Gasteiger partial charge in [-0.25, -0.2) is 9.97 Å². The molecule has 0 aliphatic heterocycles. The van der Waals surface area contributed by atoms with E-state index in [1.54, 1.807) is 12.3 Å². The SMILES string of the molecule is CC=N/C(C)=C(\S)CN(Cc1ccc(SC(C)(C)C(=O)OC(C)(C)C)cc1)c1cc(Cl)ncn1. The van der Waals surface area contributed by atoms with Gasteiger partial charge in [0, 0.05) is 34.3 Å². The molecule has 0 aliphatic carbocycles. The van der Waals surface area contributed by atoms with Crippen LogP contribution >= 0.6 is 36.0 Å². The van der Waals surface area contributed by atoms with Crippen LogP contribution in [0.15, 0.2) is 57.1 Å². The number of rotatable bonds is 9. The molecular weight excluding hydrogens is 488 g/mol. The minimum absolute atomic E-state index is 0.237. The zero-order valence-corrected chi connectivity index (χ0v) is 23.3. The predicted octanol–water partition coefficient (Wildman–Crippen LogP) is 6.60. The number of thioether (sulfide) groups is 1. The third-order valence-electron chi connectivity index (χ3n) is 4.58. The number of allylic oxidation sites excluding steroid dienone is 1. The number of aromatic nitrogens is 2. The van der Waals surface area contributed by atoms with Gasteiger partial charge in [-0.1, -0.05) is 23.7 Å². The van der Waals surface area contributed by atoms with E-state index in [0.717, 1.165) is 21.1 Å². The van der Waals surface area contributed by atoms with Crippen molar-refractivity contribution in [3.63, 3.8) is 0 Å². The van der Waals surface area contributed by atoms with E-state index in [0.29, 0.717) is 24.1 Å². The second-order valence-electron chi connectivity index (χ2n) is 9.23. The smallest absolute Gasteiger partial charge is 0.322 e. The van der Waals surface area contributed by atoms with Crippen LogP contribution in [0.25, 0.3) is 0 Å². The molecule has 9 heteroatoms. The van der Waals surface area contributed by atoms with Crippen LogP contribution in [0, 0.1) is 0 Å². The molecule has 6 nitrogen and oxygen atoms in total. The first-order chi connectivity index (χ1) is 15.8. The summed E-state index contributed by atoms with van der Waals surface area (Å²) in [6, 6.07) is 9.85. The Labute approximate surface area is 217 Å². The molecule has 0 bridgehead atoms. The minimum Gasteiger partial charge on any atom is -0.459 e. The Morgan fingerprint density at radius 3 is 2.41 bits per heavy atom. The number of hydrogen-bond donors (Lipinski definition) is 1. The first kappa shape index (κ1) is 28.2. The molecule has 1 heterocycles. The molecular formula is C25H33ClN4O2S2. The third-order valence-corrected chi connectivity index (χ3v) is 6.44. The van der Waals surface area contributed by atoms with Crippen molar-refractivity contribution < 1.29 is 9.53 Å². The van der Waals surface area contributed by atoms with Crippen molar-refractivity contribution in [3.05, 3.63) is 58.0 Å². The fourth-order valence-corrected chi connectivity index (χ4v) is 4.26. The molecule has 0 aliphatic rings. The number of ether oxygens (including phenoxy) is 1. The summed E-state index contributed by atoms with van der Waals surface area (Å²) in [5.41, 5.74) is 1.40. The van der Waals surface area contributed by atoms with Crippen LogP contribution in [0.5, 0.6) is 0 Å². The Kier molecular flexibility index (Phi) is 10.0. The molecule has 0 fully saturated rings. The normalized spacial score (nSPS) is 13.1. The summed E-state index contributed by atoms with van der Waals surface area (Å²) in [4.78, 5) is 29.2. The molecule has 0 radical (unpaired) electrons. The topological polar surface area (TPSA) is 67.7 Å². The van der Waals surface area contributed by atoms with Crippen LogP contribution < -0.4 is 4.90 Å². The van der Waals surface area contributed by atoms with Crippen LogP contribution in [0.3, 0.4) is 0 Å². The molecule has 0 atom stereocenters. The molecule has 2 rings (SSSR count). The Hall–Kier alpha value is -2.03. The van der Waals surface area contributed by atoms with Crippen LogP contribution in [-0.2, 0) is 16.1 Å². The highest BCUT2D eigenvalue weighted by Crippen LogP contribution is 2.35. The van der Waals surface area contributed by atoms with Gasteiger partial charge in [0.25, 0.3) is 0 Å². The van der Waals surface area contributed by atoms with Gasteiger partial charge in [0.05, 0.1) is 6.54 Å². The van der Waals surface area contributed by atoms with Crippen molar-refractivity contribution in [2.75, 3.05) is 11.4 Å². The average molecular weight is 521 g/mol. The number of nitrogens with zero attached hydrogens (tertiary/aromatic N) is 4. The lowest BCUT2D eigenvalue weighted by Crippen LogP contribution is -2.36. The standard InChI is InChI=1S/C25H33ClN4O2S2/c1-8-27-17(2)20(33)15-30(22-13-21(26)28-16-29-22)14-18-9-11-19(12-10-18)34-25(6,7)23(31)32-24(3,4)5/h8-13,16,33H,14-15H2,1-7H3/b20-17-,27-8?. The van der Waals surface area contributed by atoms with Gasteiger partial charge in [0.15, 0.2) is 0 Å². The summed E-state index contributed by atoms with van der Waals surface area (Å²) in [6.45, 7) is 14.3. The third kappa shape index (κ3) is 8.96. The largest absolute Gasteiger partial charge is 0.459 e. The highest BCUT2D eigenvalue weighted by atomic mass is 35.5. The Bertz CT molecular complexity index is 1050. The van der Waals surface area contributed by atoms with E-state index >= 15 is 0 Å². The molecule has 34 heavy (non-hydrogen) atoms. The zero-order chi connectivity index (χ0) is 25.5. The molecule has 0 saturated carbocycles. The summed E-state index contributed by atoms with van der Waals surface area (Å²) >= 11 is 12.2. The van der Waals surface area contributed by atoms with Gasteiger partial charge in [-0.2, -0.15) is 0 Å². The second-order valence-corrected chi connectivity index (χ2v) is 11.9. The Morgan fingerprint density at radius 2 is 1.85 bits per heavy atom. The van der Waals surface area contributed by atoms with E-state index in [9.17, 15) is 4.79 Å². The van der Waals surface area contributed by atoms with E-state index < -0.39 is 10.3 Å². The number of anilines is 1. The Morgan fingerprint density at radius 1 is 1.21 bits per heavy atom. The molecule has 1 aromatic heterocycles. The summed E-state index contributed by atoms with van der Waals surface area (Å²) in [6.07, 6.45) is 3.19. The number of benzene rings is 1. The lowest BCUT2D eigenvalue weighted by Gasteiger charge is -2.28. The van der Waals surface area contributed by atoms with Crippen molar-refractivity contribution >= 4 is 54.0 Å². The number of halogens is 1. The van der Waals surface area contributed by atoms with E-state index in [-0.39, 0.29) is 5.97 Å². The maximum Gasteiger partial charge on any atom is 0.322 e. The van der Waals surface area contributed by atoms with Gasteiger partial charge in [0.1, 0.15) is 27.6 Å². The van der Waals surface area contributed by atoms with E-state index in [2.05, 4.69) is 32.5 Å². The van der Waals surface area contributed by atoms with Gasteiger partial charge in [-0.05, 0) is 66.2 Å². The van der Waals surface area contributed by atoms with E-state index in [1.165, 1.54) is 18.1 Å². The first-order valence-corrected chi connectivity index (χ1v) is 12.6. The summed E-state index contributed by atoms with van der Waals surface area (Å²) in [5.74, 6) is 0.462. The summed E-state index contributed by atoms with van der Waals surface area (Å²) < 4.78 is 4.87. The lowest BCUT2D eigenvalue weighted by atomic mass is 10.1. The number of aliphatic imine (C=N–C) groups is 1. The molecule has 0 amide bonds. The molecule has 0 spiro atoms. The van der Waals surface area contributed by atoms with Crippen molar-refractivity contribution in [1.29, 1.82) is 0 Å². The number of carbonyl (C=O) groups excluding carboxylic acids is 1. The van der Waals surface area contributed by atoms with Crippen molar-refractivity contribution in [3.8, 4) is 0 Å². The molecule has 2 aromatic rings. The maximum atomic E-state index is 12.6. The Balaban J connectivity index is 2.21. The monoisotopic (exact) mass is 520 g/mol. The van der Waals surface area contributed by atoms with Gasteiger partial charge in [0.2, 0.25) is 0 Å². The van der Waals surface area contributed by atoms with Crippen molar-refractivity contribution in [1.82, 2.24) is 9.97 Å². The number of thiol groups is 1. The number of hydrogen-bond acceptors (Lipinski definition) is 8. The fraction of sp³-hybridized carbons (Fsp3) is 0.440. The quantitative estimate of drug-likeness (QED) is 0.132. The van der Waals surface area contributed by atoms with Gasteiger partial charge in [-0.3, -0.25) is 9.79 Å². The highest BCUT2D eigenvalue weighted by molar-refractivity contribution is 8.01. The predicted molar refractivity (Wildman–Crippen MR) is 146 cm³/mol. The van der Waals surface area contributed by atoms with Crippen LogP contribution in [0.4, 0.5) is 5.82 Å². The number of carbonyl (C=O) groups is 1. The minimum atomic E-state index is -0.707. The van der Waals surface area contributed by atoms with Crippen LogP contribution in [-0.4, -0.2) is 39.0 Å². The second kappa shape index (κ2) is 12.1. The van der Waals surface area contributed by atoms with Gasteiger partial charge >= 0.3 is 5.97 Å². The van der Waals surface area contributed by atoms with Crippen molar-refractivity contribution in [2.45, 2.75) is 70.3 Å². The van der Waals surface area contributed by atoms with E-state index in [1.807, 2.05) is 72.7 Å². The van der Waals surface area contributed by atoms with E-state index in [4.69, 9.17) is 16.3 Å². The lowest BCUT2D eigenvalue weighted by molar-refractivity contribution is -0.156. The van der Waals surface area contributed by atoms with Crippen LogP contribution in [0.2, 0.25) is 5.15 Å². The van der Waals surface area contributed by atoms with Gasteiger partial charge in [-0.15, -0.1) is 24.4 Å². The first-order valence-electron chi connectivity index (χ1n) is 10.9. The average Bonchev–Trinajstić information content (AvgIpc) is 2.73. The van der Waals surface area contributed by atoms with Crippen LogP contribution in [0.1, 0.15) is 54.0 Å². The maximum absolute atomic E-state index is 12.6. The summed E-state index contributed by atoms with van der Waals surface area (Å²) in [5, 5.41) is 0.374. The summed E-state index contributed by atoms with van der Waals surface area (Å²) in [7, 11) is 0. The van der Waals surface area contributed by atoms with Gasteiger partial charge < -0.3 is 9.64 Å². The van der Waals surface area contributed by atoms with Crippen molar-refractivity contribution in [2.24, 2.45) is 4.99 Å². The fourth-order valence-electron chi connectivity index (χ4n) is 2.90. The zero-order valence-electron chi connectivity index (χ0n) is 20.8. The molecule has 0 unspecified atom stereocenters. The molecule has 1 aromatic carbocycles. The number of esters is 1. The highest BCUT2D eigenvalue weighted by Gasteiger charge is 2.33. The molecule has 0 saturated heterocycles. The molecule has 184 valence electrons.